The predicted octanol–water partition coefficient (Wildman–Crippen LogP) is 1.26. The van der Waals surface area contributed by atoms with Crippen molar-refractivity contribution in [2.45, 2.75) is 18.9 Å². The first-order chi connectivity index (χ1) is 9.51. The summed E-state index contributed by atoms with van der Waals surface area (Å²) in [5, 5.41) is 3.90. The van der Waals surface area contributed by atoms with Gasteiger partial charge in [0.15, 0.2) is 0 Å². The zero-order valence-corrected chi connectivity index (χ0v) is 12.2. The third kappa shape index (κ3) is 3.85. The lowest BCUT2D eigenvalue weighted by Gasteiger charge is -2.36. The van der Waals surface area contributed by atoms with Crippen molar-refractivity contribution in [2.24, 2.45) is 5.73 Å². The number of halogens is 1. The molecule has 1 heterocycles. The van der Waals surface area contributed by atoms with Gasteiger partial charge in [0.1, 0.15) is 18.0 Å². The van der Waals surface area contributed by atoms with Gasteiger partial charge in [-0.3, -0.25) is 4.79 Å². The first-order valence-electron chi connectivity index (χ1n) is 6.53. The van der Waals surface area contributed by atoms with Gasteiger partial charge < -0.3 is 20.5 Å². The van der Waals surface area contributed by atoms with Crippen LogP contribution in [0.15, 0.2) is 18.2 Å². The molecule has 3 N–H and O–H groups in total. The summed E-state index contributed by atoms with van der Waals surface area (Å²) in [6.45, 7) is 4.02. The van der Waals surface area contributed by atoms with Gasteiger partial charge in [0.2, 0.25) is 5.91 Å². The van der Waals surface area contributed by atoms with Crippen molar-refractivity contribution in [3.05, 3.63) is 28.8 Å². The number of carbonyl (C=O) groups is 1. The second-order valence-electron chi connectivity index (χ2n) is 5.05. The van der Waals surface area contributed by atoms with E-state index < -0.39 is 11.5 Å². The summed E-state index contributed by atoms with van der Waals surface area (Å²) >= 11 is 5.97. The first kappa shape index (κ1) is 15.1. The molecule has 1 aliphatic rings. The minimum Gasteiger partial charge on any atom is -0.491 e. The van der Waals surface area contributed by atoms with Crippen LogP contribution < -0.4 is 15.8 Å². The van der Waals surface area contributed by atoms with Crippen LogP contribution in [0.25, 0.3) is 0 Å². The maximum Gasteiger partial charge on any atom is 0.220 e. The van der Waals surface area contributed by atoms with Crippen LogP contribution in [0.5, 0.6) is 5.75 Å². The van der Waals surface area contributed by atoms with E-state index in [1.54, 1.807) is 12.1 Å². The number of ether oxygens (including phenoxy) is 2. The van der Waals surface area contributed by atoms with E-state index in [1.807, 2.05) is 13.0 Å². The highest BCUT2D eigenvalue weighted by molar-refractivity contribution is 6.31. The Balaban J connectivity index is 2.04. The Morgan fingerprint density at radius 2 is 2.40 bits per heavy atom. The van der Waals surface area contributed by atoms with Gasteiger partial charge >= 0.3 is 0 Å². The van der Waals surface area contributed by atoms with Gasteiger partial charge in [-0.25, -0.2) is 0 Å². The number of aryl methyl sites for hydroxylation is 1. The number of benzene rings is 1. The van der Waals surface area contributed by atoms with E-state index in [9.17, 15) is 4.79 Å². The van der Waals surface area contributed by atoms with E-state index in [0.29, 0.717) is 23.9 Å². The van der Waals surface area contributed by atoms with Crippen LogP contribution >= 0.6 is 11.6 Å². The summed E-state index contributed by atoms with van der Waals surface area (Å²) in [4.78, 5) is 11.2. The summed E-state index contributed by atoms with van der Waals surface area (Å²) in [7, 11) is 0. The SMILES string of the molecule is Cc1cc(OCC2(CC(N)=O)CNCCO2)ccc1Cl. The Morgan fingerprint density at radius 1 is 1.60 bits per heavy atom. The summed E-state index contributed by atoms with van der Waals surface area (Å²) < 4.78 is 11.5. The zero-order chi connectivity index (χ0) is 14.6. The van der Waals surface area contributed by atoms with Gasteiger partial charge in [-0.2, -0.15) is 0 Å². The Bertz CT molecular complexity index is 487. The monoisotopic (exact) mass is 298 g/mol. The molecule has 5 nitrogen and oxygen atoms in total. The lowest BCUT2D eigenvalue weighted by molar-refractivity contribution is -0.133. The fourth-order valence-corrected chi connectivity index (χ4v) is 2.32. The van der Waals surface area contributed by atoms with E-state index in [0.717, 1.165) is 12.1 Å². The maximum absolute atomic E-state index is 11.2. The maximum atomic E-state index is 11.2. The Kier molecular flexibility index (Phi) is 4.86. The van der Waals surface area contributed by atoms with Gasteiger partial charge in [0.25, 0.3) is 0 Å². The molecule has 1 aliphatic heterocycles. The molecule has 0 bridgehead atoms. The largest absolute Gasteiger partial charge is 0.491 e. The lowest BCUT2D eigenvalue weighted by atomic mass is 9.98. The van der Waals surface area contributed by atoms with E-state index in [2.05, 4.69) is 5.32 Å². The molecule has 1 unspecified atom stereocenters. The van der Waals surface area contributed by atoms with Crippen LogP contribution in [0.4, 0.5) is 0 Å². The highest BCUT2D eigenvalue weighted by atomic mass is 35.5. The Morgan fingerprint density at radius 3 is 3.00 bits per heavy atom. The minimum absolute atomic E-state index is 0.132. The zero-order valence-electron chi connectivity index (χ0n) is 11.4. The molecule has 1 fully saturated rings. The van der Waals surface area contributed by atoms with Crippen molar-refractivity contribution in [3.8, 4) is 5.75 Å². The van der Waals surface area contributed by atoms with Crippen molar-refractivity contribution in [1.29, 1.82) is 0 Å². The molecule has 1 saturated heterocycles. The minimum atomic E-state index is -0.697. The third-order valence-corrected chi connectivity index (χ3v) is 3.69. The van der Waals surface area contributed by atoms with Crippen LogP contribution in [0.3, 0.4) is 0 Å². The number of nitrogens with two attached hydrogens (primary N) is 1. The van der Waals surface area contributed by atoms with Crippen molar-refractivity contribution in [2.75, 3.05) is 26.3 Å². The molecule has 110 valence electrons. The number of primary amides is 1. The molecule has 1 aromatic rings. The molecule has 0 radical (unpaired) electrons. The van der Waals surface area contributed by atoms with Crippen molar-refractivity contribution in [1.82, 2.24) is 5.32 Å². The Labute approximate surface area is 123 Å². The topological polar surface area (TPSA) is 73.6 Å². The van der Waals surface area contributed by atoms with Crippen LogP contribution in [-0.4, -0.2) is 37.8 Å². The Hall–Kier alpha value is -1.30. The molecular weight excluding hydrogens is 280 g/mol. The molecule has 1 atom stereocenters. The molecule has 1 amide bonds. The quantitative estimate of drug-likeness (QED) is 0.858. The molecule has 0 saturated carbocycles. The molecule has 6 heteroatoms. The number of hydrogen-bond donors (Lipinski definition) is 2. The van der Waals surface area contributed by atoms with Gasteiger partial charge in [-0.15, -0.1) is 0 Å². The highest BCUT2D eigenvalue weighted by Crippen LogP contribution is 2.24. The molecule has 0 aromatic heterocycles. The van der Waals surface area contributed by atoms with Crippen LogP contribution in [0.1, 0.15) is 12.0 Å². The van der Waals surface area contributed by atoms with Gasteiger partial charge in [0.05, 0.1) is 13.0 Å². The van der Waals surface area contributed by atoms with Crippen LogP contribution in [0.2, 0.25) is 5.02 Å². The summed E-state index contributed by atoms with van der Waals surface area (Å²) in [6.07, 6.45) is 0.132. The molecule has 0 spiro atoms. The molecule has 20 heavy (non-hydrogen) atoms. The van der Waals surface area contributed by atoms with E-state index >= 15 is 0 Å². The standard InChI is InChI=1S/C14H19ClN2O3/c1-10-6-11(2-3-12(10)15)19-9-14(7-13(16)18)8-17-4-5-20-14/h2-3,6,17H,4-5,7-9H2,1H3,(H2,16,18). The summed E-state index contributed by atoms with van der Waals surface area (Å²) in [6, 6.07) is 5.44. The fraction of sp³-hybridized carbons (Fsp3) is 0.500. The van der Waals surface area contributed by atoms with Gasteiger partial charge in [-0.05, 0) is 30.7 Å². The number of rotatable bonds is 5. The van der Waals surface area contributed by atoms with Gasteiger partial charge in [0, 0.05) is 18.1 Å². The highest BCUT2D eigenvalue weighted by Gasteiger charge is 2.36. The fourth-order valence-electron chi connectivity index (χ4n) is 2.20. The summed E-state index contributed by atoms with van der Waals surface area (Å²) in [5.74, 6) is 0.300. The normalized spacial score (nSPS) is 22.5. The number of amides is 1. The average Bonchev–Trinajstić information content (AvgIpc) is 2.40. The van der Waals surface area contributed by atoms with E-state index in [4.69, 9.17) is 26.8 Å². The van der Waals surface area contributed by atoms with E-state index in [-0.39, 0.29) is 13.0 Å². The molecular formula is C14H19ClN2O3. The summed E-state index contributed by atoms with van der Waals surface area (Å²) in [5.41, 5.74) is 5.55. The smallest absolute Gasteiger partial charge is 0.220 e. The number of nitrogens with one attached hydrogen (secondary N) is 1. The molecule has 2 rings (SSSR count). The lowest BCUT2D eigenvalue weighted by Crippen LogP contribution is -2.55. The first-order valence-corrected chi connectivity index (χ1v) is 6.90. The number of hydrogen-bond acceptors (Lipinski definition) is 4. The molecule has 1 aromatic carbocycles. The average molecular weight is 299 g/mol. The second kappa shape index (κ2) is 6.43. The van der Waals surface area contributed by atoms with Crippen molar-refractivity contribution >= 4 is 17.5 Å². The van der Waals surface area contributed by atoms with Crippen LogP contribution in [-0.2, 0) is 9.53 Å². The number of carbonyl (C=O) groups excluding carboxylic acids is 1. The third-order valence-electron chi connectivity index (χ3n) is 3.26. The van der Waals surface area contributed by atoms with Crippen molar-refractivity contribution < 1.29 is 14.3 Å². The van der Waals surface area contributed by atoms with Crippen molar-refractivity contribution in [3.63, 3.8) is 0 Å². The predicted molar refractivity (Wildman–Crippen MR) is 77.0 cm³/mol. The molecule has 0 aliphatic carbocycles. The number of morpholine rings is 1. The van der Waals surface area contributed by atoms with Crippen LogP contribution in [0, 0.1) is 6.92 Å². The van der Waals surface area contributed by atoms with Gasteiger partial charge in [-0.1, -0.05) is 11.6 Å². The van der Waals surface area contributed by atoms with E-state index in [1.165, 1.54) is 0 Å². The second-order valence-corrected chi connectivity index (χ2v) is 5.46.